The van der Waals surface area contributed by atoms with E-state index in [1.165, 1.54) is 18.7 Å². The van der Waals surface area contributed by atoms with Crippen molar-refractivity contribution in [1.82, 2.24) is 0 Å². The van der Waals surface area contributed by atoms with Gasteiger partial charge in [0.25, 0.3) is 0 Å². The van der Waals surface area contributed by atoms with Gasteiger partial charge in [0.05, 0.1) is 11.3 Å². The molecule has 130 valence electrons. The fourth-order valence-corrected chi connectivity index (χ4v) is 2.69. The third-order valence-corrected chi connectivity index (χ3v) is 4.25. The van der Waals surface area contributed by atoms with Gasteiger partial charge < -0.3 is 10.1 Å². The summed E-state index contributed by atoms with van der Waals surface area (Å²) < 4.78 is 5.08. The Balaban J connectivity index is 2.06. The number of ketones is 1. The Bertz CT molecular complexity index is 800. The van der Waals surface area contributed by atoms with E-state index in [1.54, 1.807) is 42.5 Å². The molecule has 0 saturated carbocycles. The summed E-state index contributed by atoms with van der Waals surface area (Å²) >= 11 is 1.46. The van der Waals surface area contributed by atoms with Crippen molar-refractivity contribution >= 4 is 35.1 Å². The number of benzene rings is 2. The number of rotatable bonds is 6. The molecule has 1 amide bonds. The summed E-state index contributed by atoms with van der Waals surface area (Å²) in [4.78, 5) is 36.4. The molecule has 0 aromatic heterocycles. The van der Waals surface area contributed by atoms with Crippen molar-refractivity contribution in [1.29, 1.82) is 0 Å². The number of carbonyl (C=O) groups is 3. The molecule has 1 N–H and O–H groups in total. The van der Waals surface area contributed by atoms with Crippen LogP contribution in [0.4, 0.5) is 5.69 Å². The van der Waals surface area contributed by atoms with Crippen LogP contribution in [0.3, 0.4) is 0 Å². The minimum absolute atomic E-state index is 0.217. The lowest BCUT2D eigenvalue weighted by Crippen LogP contribution is -2.15. The molecule has 2 rings (SSSR count). The molecule has 0 spiro atoms. The number of nitrogens with one attached hydrogen (secondary N) is 1. The van der Waals surface area contributed by atoms with Crippen LogP contribution in [0.15, 0.2) is 47.4 Å². The van der Waals surface area contributed by atoms with E-state index < -0.39 is 5.97 Å². The highest BCUT2D eigenvalue weighted by molar-refractivity contribution is 7.98. The quantitative estimate of drug-likeness (QED) is 0.485. The van der Waals surface area contributed by atoms with Gasteiger partial charge in [-0.3, -0.25) is 9.59 Å². The van der Waals surface area contributed by atoms with Gasteiger partial charge in [-0.15, -0.1) is 11.8 Å². The second-order valence-electron chi connectivity index (χ2n) is 5.46. The van der Waals surface area contributed by atoms with E-state index in [1.807, 2.05) is 13.2 Å². The SMILES string of the molecule is CSc1ccc(C(=O)COC(=O)c2ccc(C)cc2)cc1NC(C)=O. The number of hydrogen-bond acceptors (Lipinski definition) is 5. The van der Waals surface area contributed by atoms with Crippen LogP contribution >= 0.6 is 11.8 Å². The van der Waals surface area contributed by atoms with Crippen LogP contribution in [0.2, 0.25) is 0 Å². The molecule has 0 aliphatic heterocycles. The first-order chi connectivity index (χ1) is 11.9. The van der Waals surface area contributed by atoms with Crippen LogP contribution in [-0.4, -0.2) is 30.5 Å². The average Bonchev–Trinajstić information content (AvgIpc) is 2.59. The highest BCUT2D eigenvalue weighted by atomic mass is 32.2. The van der Waals surface area contributed by atoms with Crippen LogP contribution in [0.5, 0.6) is 0 Å². The van der Waals surface area contributed by atoms with Crippen molar-refractivity contribution in [2.75, 3.05) is 18.2 Å². The highest BCUT2D eigenvalue weighted by Gasteiger charge is 2.14. The van der Waals surface area contributed by atoms with E-state index >= 15 is 0 Å². The zero-order valence-electron chi connectivity index (χ0n) is 14.3. The lowest BCUT2D eigenvalue weighted by molar-refractivity contribution is -0.114. The molecule has 0 aliphatic carbocycles. The van der Waals surface area contributed by atoms with E-state index in [4.69, 9.17) is 4.74 Å². The zero-order chi connectivity index (χ0) is 18.4. The van der Waals surface area contributed by atoms with Gasteiger partial charge in [-0.05, 0) is 37.4 Å². The molecule has 0 unspecified atom stereocenters. The molecular weight excluding hydrogens is 338 g/mol. The molecule has 0 saturated heterocycles. The Morgan fingerprint density at radius 3 is 2.28 bits per heavy atom. The van der Waals surface area contributed by atoms with E-state index in [0.717, 1.165) is 10.5 Å². The molecule has 0 fully saturated rings. The summed E-state index contributed by atoms with van der Waals surface area (Å²) in [6.45, 7) is 2.97. The fraction of sp³-hybridized carbons (Fsp3) is 0.211. The maximum Gasteiger partial charge on any atom is 0.338 e. The molecule has 5 nitrogen and oxygen atoms in total. The number of hydrogen-bond donors (Lipinski definition) is 1. The van der Waals surface area contributed by atoms with Crippen LogP contribution in [-0.2, 0) is 9.53 Å². The molecule has 0 aliphatic rings. The smallest absolute Gasteiger partial charge is 0.338 e. The van der Waals surface area contributed by atoms with Crippen molar-refractivity contribution in [3.05, 3.63) is 59.2 Å². The summed E-state index contributed by atoms with van der Waals surface area (Å²) in [5, 5.41) is 2.70. The first-order valence-corrected chi connectivity index (χ1v) is 8.86. The minimum Gasteiger partial charge on any atom is -0.454 e. The number of amides is 1. The second kappa shape index (κ2) is 8.48. The van der Waals surface area contributed by atoms with Gasteiger partial charge in [0, 0.05) is 17.4 Å². The number of anilines is 1. The maximum atomic E-state index is 12.3. The van der Waals surface area contributed by atoms with E-state index in [9.17, 15) is 14.4 Å². The topological polar surface area (TPSA) is 72.5 Å². The van der Waals surface area contributed by atoms with Gasteiger partial charge >= 0.3 is 5.97 Å². The zero-order valence-corrected chi connectivity index (χ0v) is 15.1. The Hall–Kier alpha value is -2.60. The Kier molecular flexibility index (Phi) is 6.36. The second-order valence-corrected chi connectivity index (χ2v) is 6.31. The van der Waals surface area contributed by atoms with E-state index in [2.05, 4.69) is 5.32 Å². The summed E-state index contributed by atoms with van der Waals surface area (Å²) in [6.07, 6.45) is 1.88. The van der Waals surface area contributed by atoms with Crippen molar-refractivity contribution in [2.45, 2.75) is 18.7 Å². The first kappa shape index (κ1) is 18.7. The van der Waals surface area contributed by atoms with Crippen molar-refractivity contribution in [3.8, 4) is 0 Å². The molecule has 2 aromatic carbocycles. The minimum atomic E-state index is -0.545. The highest BCUT2D eigenvalue weighted by Crippen LogP contribution is 2.26. The average molecular weight is 357 g/mol. The number of Topliss-reactive ketones (excluding diaryl/α,β-unsaturated/α-hetero) is 1. The Labute approximate surface area is 150 Å². The number of thioether (sulfide) groups is 1. The van der Waals surface area contributed by atoms with Crippen molar-refractivity contribution < 1.29 is 19.1 Å². The Morgan fingerprint density at radius 1 is 1.04 bits per heavy atom. The van der Waals surface area contributed by atoms with Crippen LogP contribution in [0.25, 0.3) is 0 Å². The normalized spacial score (nSPS) is 10.2. The van der Waals surface area contributed by atoms with Crippen molar-refractivity contribution in [2.24, 2.45) is 0 Å². The van der Waals surface area contributed by atoms with E-state index in [0.29, 0.717) is 16.8 Å². The lowest BCUT2D eigenvalue weighted by atomic mass is 10.1. The standard InChI is InChI=1S/C19H19NO4S/c1-12-4-6-14(7-5-12)19(23)24-11-17(22)15-8-9-18(25-3)16(10-15)20-13(2)21/h4-10H,11H2,1-3H3,(H,20,21). The molecule has 0 bridgehead atoms. The summed E-state index contributed by atoms with van der Waals surface area (Å²) in [6, 6.07) is 11.9. The molecule has 0 atom stereocenters. The predicted octanol–water partition coefficient (Wildman–Crippen LogP) is 3.72. The molecular formula is C19H19NO4S. The first-order valence-electron chi connectivity index (χ1n) is 7.63. The largest absolute Gasteiger partial charge is 0.454 e. The summed E-state index contributed by atoms with van der Waals surface area (Å²) in [5.41, 5.74) is 2.37. The molecule has 2 aromatic rings. The number of aryl methyl sites for hydroxylation is 1. The monoisotopic (exact) mass is 357 g/mol. The van der Waals surface area contributed by atoms with Crippen molar-refractivity contribution in [3.63, 3.8) is 0 Å². The Morgan fingerprint density at radius 2 is 1.68 bits per heavy atom. The van der Waals surface area contributed by atoms with Crippen LogP contribution in [0.1, 0.15) is 33.2 Å². The number of esters is 1. The molecule has 25 heavy (non-hydrogen) atoms. The predicted molar refractivity (Wildman–Crippen MR) is 98.3 cm³/mol. The summed E-state index contributed by atoms with van der Waals surface area (Å²) in [7, 11) is 0. The molecule has 6 heteroatoms. The fourth-order valence-electron chi connectivity index (χ4n) is 2.16. The van der Waals surface area contributed by atoms with Gasteiger partial charge in [0.2, 0.25) is 5.91 Å². The van der Waals surface area contributed by atoms with Crippen LogP contribution < -0.4 is 5.32 Å². The molecule has 0 heterocycles. The number of carbonyl (C=O) groups excluding carboxylic acids is 3. The van der Waals surface area contributed by atoms with Gasteiger partial charge in [-0.2, -0.15) is 0 Å². The summed E-state index contributed by atoms with van der Waals surface area (Å²) in [5.74, 6) is -1.10. The van der Waals surface area contributed by atoms with Gasteiger partial charge in [-0.1, -0.05) is 23.8 Å². The lowest BCUT2D eigenvalue weighted by Gasteiger charge is -2.10. The van der Waals surface area contributed by atoms with E-state index in [-0.39, 0.29) is 18.3 Å². The van der Waals surface area contributed by atoms with Gasteiger partial charge in [0.15, 0.2) is 12.4 Å². The van der Waals surface area contributed by atoms with Gasteiger partial charge in [0.1, 0.15) is 0 Å². The molecule has 0 radical (unpaired) electrons. The third kappa shape index (κ3) is 5.19. The van der Waals surface area contributed by atoms with Crippen LogP contribution in [0, 0.1) is 6.92 Å². The third-order valence-electron chi connectivity index (χ3n) is 3.45. The van der Waals surface area contributed by atoms with Gasteiger partial charge in [-0.25, -0.2) is 4.79 Å². The number of ether oxygens (including phenoxy) is 1. The maximum absolute atomic E-state index is 12.3.